The van der Waals surface area contributed by atoms with Crippen molar-refractivity contribution >= 4 is 0 Å². The van der Waals surface area contributed by atoms with E-state index in [0.717, 1.165) is 19.1 Å². The second-order valence-electron chi connectivity index (χ2n) is 6.57. The lowest BCUT2D eigenvalue weighted by atomic mass is 9.93. The minimum absolute atomic E-state index is 0.460. The molecule has 1 heterocycles. The van der Waals surface area contributed by atoms with Crippen LogP contribution in [0.15, 0.2) is 0 Å². The maximum Gasteiger partial charge on any atom is 0.0754 e. The monoisotopic (exact) mass is 283 g/mol. The average molecular weight is 284 g/mol. The van der Waals surface area contributed by atoms with Crippen molar-refractivity contribution in [2.45, 2.75) is 97.1 Å². The third kappa shape index (κ3) is 7.08. The smallest absolute Gasteiger partial charge is 0.0754 e. The molecule has 3 unspecified atom stereocenters. The van der Waals surface area contributed by atoms with Gasteiger partial charge in [-0.3, -0.25) is 0 Å². The molecule has 1 saturated heterocycles. The van der Waals surface area contributed by atoms with E-state index in [1.807, 2.05) is 0 Å². The van der Waals surface area contributed by atoms with E-state index in [0.29, 0.717) is 12.1 Å². The number of hydrogen-bond acceptors (Lipinski definition) is 2. The van der Waals surface area contributed by atoms with Gasteiger partial charge < -0.3 is 10.1 Å². The van der Waals surface area contributed by atoms with Gasteiger partial charge in [0.05, 0.1) is 6.10 Å². The second-order valence-corrected chi connectivity index (χ2v) is 6.57. The first-order chi connectivity index (χ1) is 9.79. The Morgan fingerprint density at radius 3 is 2.30 bits per heavy atom. The van der Waals surface area contributed by atoms with Crippen LogP contribution in [-0.2, 0) is 4.74 Å². The van der Waals surface area contributed by atoms with Crippen LogP contribution in [0.1, 0.15) is 85.0 Å². The summed E-state index contributed by atoms with van der Waals surface area (Å²) in [5.74, 6) is 0.730. The molecule has 0 amide bonds. The lowest BCUT2D eigenvalue weighted by Gasteiger charge is -2.27. The summed E-state index contributed by atoms with van der Waals surface area (Å²) in [6, 6.07) is 0.586. The van der Waals surface area contributed by atoms with Crippen LogP contribution in [0.2, 0.25) is 0 Å². The van der Waals surface area contributed by atoms with E-state index >= 15 is 0 Å². The maximum absolute atomic E-state index is 5.97. The predicted octanol–water partition coefficient (Wildman–Crippen LogP) is 4.92. The Kier molecular flexibility index (Phi) is 10.4. The van der Waals surface area contributed by atoms with Crippen LogP contribution in [0.3, 0.4) is 0 Å². The van der Waals surface area contributed by atoms with Gasteiger partial charge in [-0.1, -0.05) is 65.7 Å². The molecule has 3 atom stereocenters. The van der Waals surface area contributed by atoms with Crippen LogP contribution in [0, 0.1) is 5.92 Å². The highest BCUT2D eigenvalue weighted by Crippen LogP contribution is 2.25. The van der Waals surface area contributed by atoms with Crippen molar-refractivity contribution in [3.05, 3.63) is 0 Å². The molecule has 1 rings (SSSR count). The van der Waals surface area contributed by atoms with Crippen molar-refractivity contribution in [3.63, 3.8) is 0 Å². The van der Waals surface area contributed by atoms with Gasteiger partial charge in [-0.2, -0.15) is 0 Å². The SMILES string of the molecule is CCCCCCCCCC(NCCC)C1OCCC1C. The highest BCUT2D eigenvalue weighted by atomic mass is 16.5. The quantitative estimate of drug-likeness (QED) is 0.513. The summed E-state index contributed by atoms with van der Waals surface area (Å²) in [5.41, 5.74) is 0. The van der Waals surface area contributed by atoms with Crippen LogP contribution in [0.25, 0.3) is 0 Å². The Hall–Kier alpha value is -0.0800. The van der Waals surface area contributed by atoms with Crippen molar-refractivity contribution < 1.29 is 4.74 Å². The van der Waals surface area contributed by atoms with Crippen molar-refractivity contribution in [1.29, 1.82) is 0 Å². The van der Waals surface area contributed by atoms with E-state index in [9.17, 15) is 0 Å². The van der Waals surface area contributed by atoms with Crippen molar-refractivity contribution in [3.8, 4) is 0 Å². The molecule has 1 aliphatic rings. The lowest BCUT2D eigenvalue weighted by molar-refractivity contribution is 0.0574. The Bertz CT molecular complexity index is 219. The van der Waals surface area contributed by atoms with E-state index in [1.54, 1.807) is 0 Å². The highest BCUT2D eigenvalue weighted by molar-refractivity contribution is 4.84. The van der Waals surface area contributed by atoms with Gasteiger partial charge in [-0.05, 0) is 31.7 Å². The van der Waals surface area contributed by atoms with Crippen molar-refractivity contribution in [1.82, 2.24) is 5.32 Å². The van der Waals surface area contributed by atoms with E-state index in [-0.39, 0.29) is 0 Å². The summed E-state index contributed by atoms with van der Waals surface area (Å²) in [5, 5.41) is 3.73. The summed E-state index contributed by atoms with van der Waals surface area (Å²) >= 11 is 0. The fourth-order valence-electron chi connectivity index (χ4n) is 3.26. The second kappa shape index (κ2) is 11.6. The molecular formula is C18H37NO. The van der Waals surface area contributed by atoms with Gasteiger partial charge in [0, 0.05) is 12.6 Å². The standard InChI is InChI=1S/C18H37NO/c1-4-6-7-8-9-10-11-12-17(19-14-5-2)18-16(3)13-15-20-18/h16-19H,4-15H2,1-3H3. The molecule has 20 heavy (non-hydrogen) atoms. The first-order valence-corrected chi connectivity index (χ1v) is 9.14. The Morgan fingerprint density at radius 1 is 1.00 bits per heavy atom. The minimum atomic E-state index is 0.460. The van der Waals surface area contributed by atoms with Gasteiger partial charge in [0.15, 0.2) is 0 Å². The average Bonchev–Trinajstić information content (AvgIpc) is 2.87. The molecule has 0 aromatic rings. The molecule has 1 N–H and O–H groups in total. The van der Waals surface area contributed by atoms with Crippen LogP contribution >= 0.6 is 0 Å². The van der Waals surface area contributed by atoms with Gasteiger partial charge in [-0.15, -0.1) is 0 Å². The molecule has 0 spiro atoms. The largest absolute Gasteiger partial charge is 0.376 e. The van der Waals surface area contributed by atoms with E-state index in [2.05, 4.69) is 26.1 Å². The van der Waals surface area contributed by atoms with Crippen LogP contribution in [0.4, 0.5) is 0 Å². The number of ether oxygens (including phenoxy) is 1. The summed E-state index contributed by atoms with van der Waals surface area (Å²) in [7, 11) is 0. The van der Waals surface area contributed by atoms with Gasteiger partial charge in [0.25, 0.3) is 0 Å². The third-order valence-electron chi connectivity index (χ3n) is 4.62. The first-order valence-electron chi connectivity index (χ1n) is 9.14. The van der Waals surface area contributed by atoms with Crippen LogP contribution in [-0.4, -0.2) is 25.3 Å². The van der Waals surface area contributed by atoms with E-state index in [4.69, 9.17) is 4.74 Å². The molecular weight excluding hydrogens is 246 g/mol. The van der Waals surface area contributed by atoms with Gasteiger partial charge in [0.2, 0.25) is 0 Å². The predicted molar refractivity (Wildman–Crippen MR) is 88.2 cm³/mol. The minimum Gasteiger partial charge on any atom is -0.376 e. The van der Waals surface area contributed by atoms with Gasteiger partial charge >= 0.3 is 0 Å². The zero-order chi connectivity index (χ0) is 14.6. The fourth-order valence-corrected chi connectivity index (χ4v) is 3.26. The summed E-state index contributed by atoms with van der Waals surface area (Å²) in [4.78, 5) is 0. The molecule has 0 aromatic heterocycles. The molecule has 0 aliphatic carbocycles. The first kappa shape index (κ1) is 18.0. The van der Waals surface area contributed by atoms with Crippen molar-refractivity contribution in [2.24, 2.45) is 5.92 Å². The molecule has 0 saturated carbocycles. The van der Waals surface area contributed by atoms with E-state index in [1.165, 1.54) is 64.2 Å². The fraction of sp³-hybridized carbons (Fsp3) is 1.00. The summed E-state index contributed by atoms with van der Waals surface area (Å²) in [6.45, 7) is 8.98. The highest BCUT2D eigenvalue weighted by Gasteiger charge is 2.31. The number of unbranched alkanes of at least 4 members (excludes halogenated alkanes) is 6. The Balaban J connectivity index is 2.16. The molecule has 1 aliphatic heterocycles. The zero-order valence-corrected chi connectivity index (χ0v) is 14.1. The van der Waals surface area contributed by atoms with E-state index < -0.39 is 0 Å². The maximum atomic E-state index is 5.97. The molecule has 1 fully saturated rings. The topological polar surface area (TPSA) is 21.3 Å². The van der Waals surface area contributed by atoms with Gasteiger partial charge in [-0.25, -0.2) is 0 Å². The van der Waals surface area contributed by atoms with Crippen molar-refractivity contribution in [2.75, 3.05) is 13.2 Å². The Morgan fingerprint density at radius 2 is 1.70 bits per heavy atom. The normalized spacial score (nSPS) is 24.1. The zero-order valence-electron chi connectivity index (χ0n) is 14.1. The van der Waals surface area contributed by atoms with Crippen LogP contribution < -0.4 is 5.32 Å². The molecule has 2 nitrogen and oxygen atoms in total. The summed E-state index contributed by atoms with van der Waals surface area (Å²) < 4.78 is 5.97. The summed E-state index contributed by atoms with van der Waals surface area (Å²) in [6.07, 6.45) is 14.0. The number of hydrogen-bond donors (Lipinski definition) is 1. The molecule has 0 aromatic carbocycles. The lowest BCUT2D eigenvalue weighted by Crippen LogP contribution is -2.42. The molecule has 2 heteroatoms. The molecule has 0 radical (unpaired) electrons. The third-order valence-corrected chi connectivity index (χ3v) is 4.62. The number of nitrogens with one attached hydrogen (secondary N) is 1. The molecule has 0 bridgehead atoms. The molecule has 120 valence electrons. The van der Waals surface area contributed by atoms with Crippen LogP contribution in [0.5, 0.6) is 0 Å². The number of rotatable bonds is 12. The Labute approximate surface area is 127 Å². The van der Waals surface area contributed by atoms with Gasteiger partial charge in [0.1, 0.15) is 0 Å².